The molecule has 0 saturated carbocycles. The highest BCUT2D eigenvalue weighted by molar-refractivity contribution is 6.33. The monoisotopic (exact) mass is 1120 g/mol. The summed E-state index contributed by atoms with van der Waals surface area (Å²) in [5.41, 5.74) is 7.35. The number of halogens is 1. The van der Waals surface area contributed by atoms with Gasteiger partial charge < -0.3 is 38.5 Å². The first-order valence-electron chi connectivity index (χ1n) is 24.3. The topological polar surface area (TPSA) is 318 Å². The van der Waals surface area contributed by atoms with E-state index in [-0.39, 0.29) is 22.3 Å². The molecular weight excluding hydrogens is 1090 g/mol. The van der Waals surface area contributed by atoms with Gasteiger partial charge in [-0.25, -0.2) is 19.2 Å². The first-order chi connectivity index (χ1) is 40.3. The average molecular weight is 1120 g/mol. The molecule has 0 saturated heterocycles. The quantitative estimate of drug-likeness (QED) is 0.0826. The van der Waals surface area contributed by atoms with Crippen LogP contribution in [0.2, 0.25) is 5.02 Å². The van der Waals surface area contributed by atoms with E-state index >= 15 is 0 Å². The zero-order chi connectivity index (χ0) is 58.2. The third kappa shape index (κ3) is 14.2. The van der Waals surface area contributed by atoms with Gasteiger partial charge >= 0.3 is 23.9 Å². The van der Waals surface area contributed by atoms with E-state index in [4.69, 9.17) is 56.5 Å². The fraction of sp³-hybridized carbons (Fsp3) is 0. The zero-order valence-electron chi connectivity index (χ0n) is 42.6. The Morgan fingerprint density at radius 2 is 0.699 bits per heavy atom. The Bertz CT molecular complexity index is 4090. The van der Waals surface area contributed by atoms with E-state index in [0.29, 0.717) is 79.7 Å². The second-order valence-corrected chi connectivity index (χ2v) is 17.4. The molecule has 5 heterocycles. The molecule has 12 rings (SSSR count). The summed E-state index contributed by atoms with van der Waals surface area (Å²) in [6, 6.07) is 52.5. The van der Waals surface area contributed by atoms with Gasteiger partial charge in [0.2, 0.25) is 23.3 Å². The van der Waals surface area contributed by atoms with Gasteiger partial charge in [-0.2, -0.15) is 19.9 Å². The summed E-state index contributed by atoms with van der Waals surface area (Å²) in [6.07, 6.45) is 8.60. The van der Waals surface area contributed by atoms with Gasteiger partial charge in [-0.1, -0.05) is 117 Å². The summed E-state index contributed by atoms with van der Waals surface area (Å²) < 4.78 is 20.8. The zero-order valence-corrected chi connectivity index (χ0v) is 43.3. The van der Waals surface area contributed by atoms with E-state index in [1.54, 1.807) is 103 Å². The molecule has 4 N–H and O–H groups in total. The van der Waals surface area contributed by atoms with Crippen molar-refractivity contribution in [3.63, 3.8) is 0 Å². The molecule has 83 heavy (non-hydrogen) atoms. The van der Waals surface area contributed by atoms with Gasteiger partial charge in [-0.3, -0.25) is 4.98 Å². The van der Waals surface area contributed by atoms with Crippen molar-refractivity contribution in [1.29, 1.82) is 0 Å². The Kier molecular flexibility index (Phi) is 17.5. The lowest BCUT2D eigenvalue weighted by molar-refractivity contribution is 0.0686. The summed E-state index contributed by atoms with van der Waals surface area (Å²) in [7, 11) is 0. The van der Waals surface area contributed by atoms with Crippen molar-refractivity contribution in [2.24, 2.45) is 0 Å². The van der Waals surface area contributed by atoms with Crippen LogP contribution < -0.4 is 0 Å². The van der Waals surface area contributed by atoms with Gasteiger partial charge in [0.25, 0.3) is 23.6 Å². The minimum absolute atomic E-state index is 0.202. The lowest BCUT2D eigenvalue weighted by atomic mass is 10.1. The number of aromatic carboxylic acids is 4. The lowest BCUT2D eigenvalue weighted by Crippen LogP contribution is -1.95. The van der Waals surface area contributed by atoms with E-state index in [0.717, 1.165) is 22.3 Å². The van der Waals surface area contributed by atoms with Gasteiger partial charge in [-0.05, 0) is 109 Å². The Labute approximate surface area is 473 Å². The van der Waals surface area contributed by atoms with E-state index in [2.05, 4.69) is 51.5 Å². The van der Waals surface area contributed by atoms with Crippen molar-refractivity contribution >= 4 is 35.5 Å². The standard InChI is InChI=1S/C17H10N2O3.C15H9ClN2O3.C15H10N2O3.C14H9N3O3/c1-2-11-3-5-13(6-4-11)16-18-15(19-22-16)12-7-9-14(10-8-12)17(20)21;16-12-4-2-1-3-11(12)14-17-13(18-21-14)9-5-7-10(8-6-9)15(19)20;18-15(19)12-8-6-10(7-9-12)13-16-14(20-17-13)11-4-2-1-3-5-11;18-14(19)10-5-3-9(4-6-10)12-16-13(20-17-12)11-2-1-7-15-8-11/h1,3-10H,(H,20,21);1-8H,(H,19,20);1-9H,(H,18,19);1-8H,(H,18,19). The molecule has 406 valence electrons. The van der Waals surface area contributed by atoms with E-state index in [9.17, 15) is 19.2 Å². The number of terminal acetylenes is 1. The Balaban J connectivity index is 0.000000133. The summed E-state index contributed by atoms with van der Waals surface area (Å²) in [4.78, 5) is 64.3. The summed E-state index contributed by atoms with van der Waals surface area (Å²) in [6.45, 7) is 0. The fourth-order valence-electron chi connectivity index (χ4n) is 7.29. The third-order valence-corrected chi connectivity index (χ3v) is 11.9. The van der Waals surface area contributed by atoms with Crippen molar-refractivity contribution in [2.45, 2.75) is 0 Å². The number of rotatable bonds is 12. The predicted molar refractivity (Wildman–Crippen MR) is 299 cm³/mol. The number of carboxylic acid groups (broad SMARTS) is 4. The molecule has 7 aromatic carbocycles. The molecule has 0 aliphatic rings. The van der Waals surface area contributed by atoms with Crippen molar-refractivity contribution in [3.8, 4) is 104 Å². The molecule has 5 aromatic heterocycles. The number of nitrogens with zero attached hydrogens (tertiary/aromatic N) is 9. The number of pyridine rings is 1. The second kappa shape index (κ2) is 26.1. The molecule has 0 fully saturated rings. The first-order valence-corrected chi connectivity index (χ1v) is 24.7. The van der Waals surface area contributed by atoms with Crippen LogP contribution in [0, 0.1) is 12.3 Å². The molecule has 0 unspecified atom stereocenters. The van der Waals surface area contributed by atoms with Crippen LogP contribution in [0.15, 0.2) is 219 Å². The van der Waals surface area contributed by atoms with E-state index in [1.165, 1.54) is 48.5 Å². The largest absolute Gasteiger partial charge is 0.478 e. The minimum Gasteiger partial charge on any atom is -0.478 e. The fourth-order valence-corrected chi connectivity index (χ4v) is 7.50. The highest BCUT2D eigenvalue weighted by Gasteiger charge is 2.16. The highest BCUT2D eigenvalue weighted by Crippen LogP contribution is 2.29. The molecule has 12 aromatic rings. The summed E-state index contributed by atoms with van der Waals surface area (Å²) >= 11 is 6.08. The first kappa shape index (κ1) is 55.7. The molecule has 0 aliphatic heterocycles. The second-order valence-electron chi connectivity index (χ2n) is 17.0. The molecule has 0 bridgehead atoms. The maximum atomic E-state index is 10.8. The number of aromatic nitrogens is 9. The number of carboxylic acids is 4. The van der Waals surface area contributed by atoms with Gasteiger partial charge in [0.1, 0.15) is 0 Å². The SMILES string of the molecule is C#Cc1ccc(-c2nc(-c3ccc(C(=O)O)cc3)no2)cc1.O=C(O)c1ccc(-c2noc(-c3ccccc3)n2)cc1.O=C(O)c1ccc(-c2noc(-c3ccccc3Cl)n2)cc1.O=C(O)c1ccc(-c2noc(-c3cccnc3)n2)cc1. The van der Waals surface area contributed by atoms with Crippen LogP contribution in [0.5, 0.6) is 0 Å². The van der Waals surface area contributed by atoms with Gasteiger partial charge in [0, 0.05) is 51.3 Å². The van der Waals surface area contributed by atoms with Crippen LogP contribution >= 0.6 is 11.6 Å². The van der Waals surface area contributed by atoms with Gasteiger partial charge in [0.05, 0.1) is 38.4 Å². The van der Waals surface area contributed by atoms with Crippen LogP contribution in [-0.4, -0.2) is 89.8 Å². The van der Waals surface area contributed by atoms with Crippen LogP contribution in [0.4, 0.5) is 0 Å². The van der Waals surface area contributed by atoms with Crippen molar-refractivity contribution in [3.05, 3.63) is 233 Å². The maximum Gasteiger partial charge on any atom is 0.335 e. The normalized spacial score (nSPS) is 10.4. The summed E-state index contributed by atoms with van der Waals surface area (Å²) in [5, 5.41) is 51.5. The van der Waals surface area contributed by atoms with Crippen LogP contribution in [-0.2, 0) is 0 Å². The van der Waals surface area contributed by atoms with Crippen molar-refractivity contribution in [1.82, 2.24) is 45.5 Å². The molecule has 0 spiro atoms. The van der Waals surface area contributed by atoms with Crippen molar-refractivity contribution < 1.29 is 57.7 Å². The molecule has 0 atom stereocenters. The average Bonchev–Trinajstić information content (AvgIpc) is 4.61. The molecular formula is C61H38ClN9O12. The molecule has 22 heteroatoms. The van der Waals surface area contributed by atoms with Crippen LogP contribution in [0.25, 0.3) is 91.4 Å². The summed E-state index contributed by atoms with van der Waals surface area (Å²) in [5.74, 6) is 1.75. The number of hydrogen-bond donors (Lipinski definition) is 4. The lowest BCUT2D eigenvalue weighted by Gasteiger charge is -1.97. The van der Waals surface area contributed by atoms with E-state index < -0.39 is 23.9 Å². The van der Waals surface area contributed by atoms with Gasteiger partial charge in [-0.15, -0.1) is 6.42 Å². The Morgan fingerprint density at radius 1 is 0.373 bits per heavy atom. The number of hydrogen-bond acceptors (Lipinski definition) is 17. The van der Waals surface area contributed by atoms with Crippen LogP contribution in [0.3, 0.4) is 0 Å². The molecule has 0 amide bonds. The smallest absolute Gasteiger partial charge is 0.335 e. The Morgan fingerprint density at radius 3 is 1.06 bits per heavy atom. The molecule has 21 nitrogen and oxygen atoms in total. The molecule has 0 aliphatic carbocycles. The number of benzene rings is 7. The number of carbonyl (C=O) groups is 4. The van der Waals surface area contributed by atoms with Gasteiger partial charge in [0.15, 0.2) is 0 Å². The Hall–Kier alpha value is -12.0. The van der Waals surface area contributed by atoms with Crippen LogP contribution in [0.1, 0.15) is 47.0 Å². The molecule has 0 radical (unpaired) electrons. The van der Waals surface area contributed by atoms with E-state index in [1.807, 2.05) is 48.5 Å². The predicted octanol–water partition coefficient (Wildman–Crippen LogP) is 12.4. The highest BCUT2D eigenvalue weighted by atomic mass is 35.5. The van der Waals surface area contributed by atoms with Crippen molar-refractivity contribution in [2.75, 3.05) is 0 Å². The maximum absolute atomic E-state index is 10.8. The third-order valence-electron chi connectivity index (χ3n) is 11.6. The minimum atomic E-state index is -0.980.